The van der Waals surface area contributed by atoms with Crippen molar-refractivity contribution in [2.24, 2.45) is 5.73 Å². The fourth-order valence-electron chi connectivity index (χ4n) is 1.33. The molecule has 4 N–H and O–H groups in total. The van der Waals surface area contributed by atoms with Crippen molar-refractivity contribution in [3.8, 4) is 11.5 Å². The molecule has 0 amide bonds. The maximum absolute atomic E-state index is 13.1. The summed E-state index contributed by atoms with van der Waals surface area (Å²) in [4.78, 5) is 10.4. The lowest BCUT2D eigenvalue weighted by atomic mass is 10.0. The number of phenolic OH excluding ortho intramolecular Hbond substituents is 1. The molecule has 1 atom stereocenters. The van der Waals surface area contributed by atoms with Gasteiger partial charge in [-0.25, -0.2) is 4.39 Å². The second-order valence-electron chi connectivity index (χ2n) is 3.25. The molecule has 0 fully saturated rings. The number of benzene rings is 1. The lowest BCUT2D eigenvalue weighted by molar-refractivity contribution is -0.137. The molecule has 0 aromatic heterocycles. The summed E-state index contributed by atoms with van der Waals surface area (Å²) in [5.74, 6) is -2.19. The van der Waals surface area contributed by atoms with Crippen LogP contribution in [0.3, 0.4) is 0 Å². The van der Waals surface area contributed by atoms with Gasteiger partial charge in [0.2, 0.25) is 0 Å². The van der Waals surface area contributed by atoms with Crippen LogP contribution >= 0.6 is 0 Å². The highest BCUT2D eigenvalue weighted by atomic mass is 19.1. The van der Waals surface area contributed by atoms with Crippen LogP contribution in [0.1, 0.15) is 18.0 Å². The Balaban J connectivity index is 3.12. The largest absolute Gasteiger partial charge is 0.504 e. The average molecular weight is 229 g/mol. The molecule has 0 spiro atoms. The first-order valence-electron chi connectivity index (χ1n) is 4.49. The lowest BCUT2D eigenvalue weighted by Gasteiger charge is -2.14. The minimum Gasteiger partial charge on any atom is -0.504 e. The third-order valence-corrected chi connectivity index (χ3v) is 2.08. The topological polar surface area (TPSA) is 92.8 Å². The molecular weight excluding hydrogens is 217 g/mol. The van der Waals surface area contributed by atoms with Crippen LogP contribution in [0.4, 0.5) is 4.39 Å². The molecule has 88 valence electrons. The molecule has 1 rings (SSSR count). The van der Waals surface area contributed by atoms with Crippen LogP contribution in [-0.4, -0.2) is 23.3 Å². The number of carboxylic acids is 1. The Morgan fingerprint density at radius 1 is 1.62 bits per heavy atom. The molecule has 6 heteroatoms. The smallest absolute Gasteiger partial charge is 0.305 e. The first-order valence-corrected chi connectivity index (χ1v) is 4.49. The van der Waals surface area contributed by atoms with Gasteiger partial charge in [0.25, 0.3) is 0 Å². The fourth-order valence-corrected chi connectivity index (χ4v) is 1.33. The van der Waals surface area contributed by atoms with Gasteiger partial charge in [-0.05, 0) is 6.07 Å². The van der Waals surface area contributed by atoms with Gasteiger partial charge in [0.05, 0.1) is 13.5 Å². The van der Waals surface area contributed by atoms with E-state index in [0.717, 1.165) is 12.1 Å². The summed E-state index contributed by atoms with van der Waals surface area (Å²) in [5, 5.41) is 18.2. The molecule has 16 heavy (non-hydrogen) atoms. The normalized spacial score (nSPS) is 12.2. The highest BCUT2D eigenvalue weighted by molar-refractivity contribution is 5.68. The maximum Gasteiger partial charge on any atom is 0.305 e. The maximum atomic E-state index is 13.1. The van der Waals surface area contributed by atoms with Gasteiger partial charge >= 0.3 is 5.97 Å². The Hall–Kier alpha value is -1.82. The Morgan fingerprint density at radius 3 is 2.75 bits per heavy atom. The Morgan fingerprint density at radius 2 is 2.25 bits per heavy atom. The van der Waals surface area contributed by atoms with Gasteiger partial charge in [-0.15, -0.1) is 0 Å². The van der Waals surface area contributed by atoms with Gasteiger partial charge in [0.1, 0.15) is 5.82 Å². The number of carboxylic acid groups (broad SMARTS) is 1. The number of hydrogen-bond donors (Lipinski definition) is 3. The molecular formula is C10H12FNO4. The third-order valence-electron chi connectivity index (χ3n) is 2.08. The number of methoxy groups -OCH3 is 1. The van der Waals surface area contributed by atoms with E-state index in [1.54, 1.807) is 0 Å². The Bertz CT molecular complexity index is 408. The van der Waals surface area contributed by atoms with Crippen LogP contribution in [0.15, 0.2) is 12.1 Å². The van der Waals surface area contributed by atoms with Crippen molar-refractivity contribution in [1.29, 1.82) is 0 Å². The van der Waals surface area contributed by atoms with Gasteiger partial charge in [-0.3, -0.25) is 4.79 Å². The van der Waals surface area contributed by atoms with E-state index in [1.165, 1.54) is 7.11 Å². The van der Waals surface area contributed by atoms with Crippen molar-refractivity contribution in [2.75, 3.05) is 7.11 Å². The van der Waals surface area contributed by atoms with Crippen LogP contribution in [0.25, 0.3) is 0 Å². The van der Waals surface area contributed by atoms with Crippen LogP contribution in [0.2, 0.25) is 0 Å². The molecule has 0 saturated heterocycles. The fraction of sp³-hybridized carbons (Fsp3) is 0.300. The summed E-state index contributed by atoms with van der Waals surface area (Å²) in [5.41, 5.74) is 5.54. The highest BCUT2D eigenvalue weighted by Gasteiger charge is 2.18. The minimum atomic E-state index is -1.13. The number of phenols is 1. The summed E-state index contributed by atoms with van der Waals surface area (Å²) in [6.45, 7) is 0. The van der Waals surface area contributed by atoms with Crippen molar-refractivity contribution in [3.05, 3.63) is 23.5 Å². The van der Waals surface area contributed by atoms with Gasteiger partial charge in [-0.2, -0.15) is 0 Å². The first-order chi connectivity index (χ1) is 7.45. The molecule has 0 heterocycles. The Labute approximate surface area is 91.3 Å². The second-order valence-corrected chi connectivity index (χ2v) is 3.25. The van der Waals surface area contributed by atoms with E-state index in [0.29, 0.717) is 0 Å². The molecule has 5 nitrogen and oxygen atoms in total. The van der Waals surface area contributed by atoms with E-state index in [4.69, 9.17) is 15.6 Å². The van der Waals surface area contributed by atoms with Crippen LogP contribution in [0.5, 0.6) is 11.5 Å². The summed E-state index contributed by atoms with van der Waals surface area (Å²) in [6, 6.07) is 1.000. The summed E-state index contributed by atoms with van der Waals surface area (Å²) in [6.07, 6.45) is -0.403. The highest BCUT2D eigenvalue weighted by Crippen LogP contribution is 2.34. The molecule has 0 aliphatic rings. The lowest BCUT2D eigenvalue weighted by Crippen LogP contribution is -2.15. The Kier molecular flexibility index (Phi) is 3.68. The average Bonchev–Trinajstić information content (AvgIpc) is 2.19. The van der Waals surface area contributed by atoms with E-state index >= 15 is 0 Å². The molecule has 0 aliphatic carbocycles. The van der Waals surface area contributed by atoms with Crippen molar-refractivity contribution in [2.45, 2.75) is 12.5 Å². The van der Waals surface area contributed by atoms with Crippen LogP contribution in [-0.2, 0) is 4.79 Å². The number of nitrogens with two attached hydrogens (primary N) is 1. The van der Waals surface area contributed by atoms with Crippen molar-refractivity contribution >= 4 is 5.97 Å². The zero-order valence-corrected chi connectivity index (χ0v) is 8.61. The SMILES string of the molecule is COc1cc(F)cc(C(N)CC(=O)O)c1O. The third kappa shape index (κ3) is 2.60. The number of aliphatic carboxylic acids is 1. The van der Waals surface area contributed by atoms with Gasteiger partial charge in [0, 0.05) is 17.7 Å². The standard InChI is InChI=1S/C10H12FNO4/c1-16-8-3-5(11)2-6(10(8)15)7(12)4-9(13)14/h2-3,7,15H,4,12H2,1H3,(H,13,14). The predicted molar refractivity (Wildman–Crippen MR) is 53.8 cm³/mol. The van der Waals surface area contributed by atoms with E-state index in [1.807, 2.05) is 0 Å². The molecule has 1 unspecified atom stereocenters. The number of ether oxygens (including phenoxy) is 1. The monoisotopic (exact) mass is 229 g/mol. The summed E-state index contributed by atoms with van der Waals surface area (Å²) < 4.78 is 17.8. The van der Waals surface area contributed by atoms with Crippen molar-refractivity contribution in [1.82, 2.24) is 0 Å². The molecule has 1 aromatic carbocycles. The second kappa shape index (κ2) is 4.80. The zero-order valence-electron chi connectivity index (χ0n) is 8.61. The number of aromatic hydroxyl groups is 1. The number of rotatable bonds is 4. The summed E-state index contributed by atoms with van der Waals surface area (Å²) >= 11 is 0. The van der Waals surface area contributed by atoms with E-state index in [-0.39, 0.29) is 17.1 Å². The molecule has 1 aromatic rings. The van der Waals surface area contributed by atoms with E-state index in [2.05, 4.69) is 0 Å². The van der Waals surface area contributed by atoms with E-state index in [9.17, 15) is 14.3 Å². The van der Waals surface area contributed by atoms with Gasteiger partial charge in [-0.1, -0.05) is 0 Å². The van der Waals surface area contributed by atoms with Gasteiger partial charge < -0.3 is 20.7 Å². The number of halogens is 1. The quantitative estimate of drug-likeness (QED) is 0.716. The minimum absolute atomic E-state index is 0.0132. The predicted octanol–water partition coefficient (Wildman–Crippen LogP) is 1.01. The molecule has 0 radical (unpaired) electrons. The summed E-state index contributed by atoms with van der Waals surface area (Å²) in [7, 11) is 1.26. The first kappa shape index (κ1) is 12.3. The molecule has 0 aliphatic heterocycles. The number of carbonyl (C=O) groups is 1. The van der Waals surface area contributed by atoms with Crippen molar-refractivity contribution in [3.63, 3.8) is 0 Å². The van der Waals surface area contributed by atoms with Crippen LogP contribution < -0.4 is 10.5 Å². The van der Waals surface area contributed by atoms with Gasteiger partial charge in [0.15, 0.2) is 11.5 Å². The van der Waals surface area contributed by atoms with Crippen molar-refractivity contribution < 1.29 is 24.1 Å². The van der Waals surface area contributed by atoms with Crippen LogP contribution in [0, 0.1) is 5.82 Å². The molecule has 0 saturated carbocycles. The number of hydrogen-bond acceptors (Lipinski definition) is 4. The zero-order chi connectivity index (χ0) is 12.3. The van der Waals surface area contributed by atoms with E-state index < -0.39 is 24.2 Å². The molecule has 0 bridgehead atoms.